The summed E-state index contributed by atoms with van der Waals surface area (Å²) in [6.07, 6.45) is 1.06. The van der Waals surface area contributed by atoms with E-state index in [1.165, 1.54) is 12.1 Å². The lowest BCUT2D eigenvalue weighted by Crippen LogP contribution is -2.47. The number of halogens is 2. The molecular formula is C21H28F2N2O4. The molecule has 2 fully saturated rings. The number of hydrogen-bond donors (Lipinski definition) is 1. The first-order valence-electron chi connectivity index (χ1n) is 9.95. The second kappa shape index (κ2) is 8.26. The fourth-order valence-electron chi connectivity index (χ4n) is 4.24. The highest BCUT2D eigenvalue weighted by molar-refractivity contribution is 5.72. The molecule has 2 atom stereocenters. The quantitative estimate of drug-likeness (QED) is 0.826. The van der Waals surface area contributed by atoms with Crippen molar-refractivity contribution in [1.29, 1.82) is 0 Å². The third-order valence-corrected chi connectivity index (χ3v) is 5.66. The normalized spacial score (nSPS) is 24.0. The summed E-state index contributed by atoms with van der Waals surface area (Å²) in [6, 6.07) is 3.43. The molecule has 160 valence electrons. The molecule has 1 unspecified atom stereocenters. The van der Waals surface area contributed by atoms with Crippen LogP contribution in [0.5, 0.6) is 0 Å². The molecule has 0 aliphatic carbocycles. The van der Waals surface area contributed by atoms with Gasteiger partial charge in [0.25, 0.3) is 0 Å². The van der Waals surface area contributed by atoms with Crippen LogP contribution in [0.4, 0.5) is 13.6 Å². The Kier molecular flexibility index (Phi) is 6.12. The van der Waals surface area contributed by atoms with E-state index in [2.05, 4.69) is 4.90 Å². The van der Waals surface area contributed by atoms with Crippen molar-refractivity contribution in [3.63, 3.8) is 0 Å². The number of benzene rings is 1. The fourth-order valence-corrected chi connectivity index (χ4v) is 4.24. The molecule has 0 spiro atoms. The number of amides is 1. The minimum Gasteiger partial charge on any atom is -0.481 e. The number of ether oxygens (including phenoxy) is 1. The Morgan fingerprint density at radius 3 is 2.34 bits per heavy atom. The van der Waals surface area contributed by atoms with E-state index >= 15 is 0 Å². The number of nitrogens with zero attached hydrogens (tertiary/aromatic N) is 2. The minimum atomic E-state index is -0.979. The van der Waals surface area contributed by atoms with Crippen LogP contribution in [0.3, 0.4) is 0 Å². The topological polar surface area (TPSA) is 70.1 Å². The highest BCUT2D eigenvalue weighted by atomic mass is 19.1. The van der Waals surface area contributed by atoms with Crippen molar-refractivity contribution in [2.45, 2.75) is 51.2 Å². The van der Waals surface area contributed by atoms with Crippen molar-refractivity contribution in [3.05, 3.63) is 35.4 Å². The fraction of sp³-hybridized carbons (Fsp3) is 0.619. The first-order chi connectivity index (χ1) is 13.5. The Morgan fingerprint density at radius 1 is 1.14 bits per heavy atom. The molecule has 3 rings (SSSR count). The van der Waals surface area contributed by atoms with Gasteiger partial charge < -0.3 is 14.7 Å². The first kappa shape index (κ1) is 21.5. The number of piperidine rings is 1. The molecule has 0 aromatic heterocycles. The molecule has 1 amide bonds. The number of carbonyl (C=O) groups is 2. The van der Waals surface area contributed by atoms with Crippen LogP contribution in [0, 0.1) is 17.6 Å². The van der Waals surface area contributed by atoms with Crippen molar-refractivity contribution in [2.24, 2.45) is 5.92 Å². The van der Waals surface area contributed by atoms with Gasteiger partial charge in [-0.1, -0.05) is 6.07 Å². The van der Waals surface area contributed by atoms with Crippen molar-refractivity contribution in [1.82, 2.24) is 9.80 Å². The number of carbonyl (C=O) groups excluding carboxylic acids is 1. The van der Waals surface area contributed by atoms with Crippen LogP contribution in [-0.4, -0.2) is 64.8 Å². The second-order valence-corrected chi connectivity index (χ2v) is 8.87. The standard InChI is InChI=1S/C21H28F2N2O4/c1-21(2,3)29-20(28)24-8-6-14(7-9-24)25-11-16(17(12-25)19(26)27)15-5-4-13(22)10-18(15)23/h4-5,10,14,16-17H,6-9,11-12H2,1-3H3,(H,26,27)/t16-,17?/m0/s1. The number of carboxylic acid groups (broad SMARTS) is 1. The van der Waals surface area contributed by atoms with E-state index in [1.54, 1.807) is 4.90 Å². The van der Waals surface area contributed by atoms with Gasteiger partial charge in [-0.2, -0.15) is 0 Å². The maximum absolute atomic E-state index is 14.3. The third-order valence-electron chi connectivity index (χ3n) is 5.66. The van der Waals surface area contributed by atoms with Crippen molar-refractivity contribution in [3.8, 4) is 0 Å². The number of hydrogen-bond acceptors (Lipinski definition) is 4. The van der Waals surface area contributed by atoms with Crippen LogP contribution in [0.2, 0.25) is 0 Å². The smallest absolute Gasteiger partial charge is 0.410 e. The highest BCUT2D eigenvalue weighted by Crippen LogP contribution is 2.37. The van der Waals surface area contributed by atoms with E-state index in [9.17, 15) is 23.5 Å². The molecular weight excluding hydrogens is 382 g/mol. The average molecular weight is 410 g/mol. The second-order valence-electron chi connectivity index (χ2n) is 8.87. The van der Waals surface area contributed by atoms with Gasteiger partial charge in [0.1, 0.15) is 17.2 Å². The molecule has 1 aromatic carbocycles. The number of aliphatic carboxylic acids is 1. The largest absolute Gasteiger partial charge is 0.481 e. The zero-order chi connectivity index (χ0) is 21.3. The van der Waals surface area contributed by atoms with Crippen LogP contribution in [0.1, 0.15) is 45.1 Å². The molecule has 1 aromatic rings. The van der Waals surface area contributed by atoms with Gasteiger partial charge in [0.15, 0.2) is 0 Å². The Bertz CT molecular complexity index is 772. The highest BCUT2D eigenvalue weighted by Gasteiger charge is 2.43. The van der Waals surface area contributed by atoms with Crippen LogP contribution in [-0.2, 0) is 9.53 Å². The summed E-state index contributed by atoms with van der Waals surface area (Å²) in [5.41, 5.74) is -0.308. The molecule has 0 bridgehead atoms. The summed E-state index contributed by atoms with van der Waals surface area (Å²) in [5.74, 6) is -3.64. The monoisotopic (exact) mass is 410 g/mol. The average Bonchev–Trinajstić information content (AvgIpc) is 3.06. The zero-order valence-electron chi connectivity index (χ0n) is 17.0. The molecule has 0 saturated carbocycles. The van der Waals surface area contributed by atoms with Crippen LogP contribution < -0.4 is 0 Å². The summed E-state index contributed by atoms with van der Waals surface area (Å²) >= 11 is 0. The molecule has 1 N–H and O–H groups in total. The van der Waals surface area contributed by atoms with Gasteiger partial charge in [0.2, 0.25) is 0 Å². The lowest BCUT2D eigenvalue weighted by Gasteiger charge is -2.37. The van der Waals surface area contributed by atoms with E-state index < -0.39 is 35.0 Å². The van der Waals surface area contributed by atoms with E-state index in [4.69, 9.17) is 4.74 Å². The Labute approximate surface area is 169 Å². The maximum atomic E-state index is 14.3. The summed E-state index contributed by atoms with van der Waals surface area (Å²) in [6.45, 7) is 7.24. The maximum Gasteiger partial charge on any atom is 0.410 e. The van der Waals surface area contributed by atoms with E-state index in [0.717, 1.165) is 6.07 Å². The van der Waals surface area contributed by atoms with Crippen molar-refractivity contribution in [2.75, 3.05) is 26.2 Å². The molecule has 0 radical (unpaired) electrons. The summed E-state index contributed by atoms with van der Waals surface area (Å²) in [5, 5.41) is 9.64. The van der Waals surface area contributed by atoms with E-state index in [0.29, 0.717) is 39.0 Å². The molecule has 8 heteroatoms. The predicted molar refractivity (Wildman–Crippen MR) is 103 cm³/mol. The predicted octanol–water partition coefficient (Wildman–Crippen LogP) is 3.46. The van der Waals surface area contributed by atoms with Gasteiger partial charge in [-0.25, -0.2) is 13.6 Å². The summed E-state index contributed by atoms with van der Waals surface area (Å²) < 4.78 is 32.9. The van der Waals surface area contributed by atoms with Crippen molar-refractivity contribution >= 4 is 12.1 Å². The van der Waals surface area contributed by atoms with E-state index in [-0.39, 0.29) is 17.7 Å². The third kappa shape index (κ3) is 5.04. The van der Waals surface area contributed by atoms with Crippen LogP contribution >= 0.6 is 0 Å². The molecule has 2 saturated heterocycles. The van der Waals surface area contributed by atoms with Crippen LogP contribution in [0.15, 0.2) is 18.2 Å². The molecule has 2 heterocycles. The van der Waals surface area contributed by atoms with Crippen LogP contribution in [0.25, 0.3) is 0 Å². The molecule has 29 heavy (non-hydrogen) atoms. The molecule has 6 nitrogen and oxygen atoms in total. The lowest BCUT2D eigenvalue weighted by molar-refractivity contribution is -0.141. The Hall–Kier alpha value is -2.22. The number of likely N-dealkylation sites (tertiary alicyclic amines) is 2. The van der Waals surface area contributed by atoms with Gasteiger partial charge in [0, 0.05) is 44.2 Å². The van der Waals surface area contributed by atoms with Gasteiger partial charge in [-0.3, -0.25) is 9.69 Å². The Balaban J connectivity index is 1.65. The molecule has 2 aliphatic rings. The van der Waals surface area contributed by atoms with Gasteiger partial charge in [-0.05, 0) is 45.2 Å². The summed E-state index contributed by atoms with van der Waals surface area (Å²) in [4.78, 5) is 27.7. The van der Waals surface area contributed by atoms with E-state index in [1.807, 2.05) is 20.8 Å². The zero-order valence-corrected chi connectivity index (χ0v) is 17.0. The minimum absolute atomic E-state index is 0.115. The summed E-state index contributed by atoms with van der Waals surface area (Å²) in [7, 11) is 0. The van der Waals surface area contributed by atoms with Gasteiger partial charge in [-0.15, -0.1) is 0 Å². The number of rotatable bonds is 3. The van der Waals surface area contributed by atoms with Gasteiger partial charge >= 0.3 is 12.1 Å². The van der Waals surface area contributed by atoms with Gasteiger partial charge in [0.05, 0.1) is 5.92 Å². The molecule has 2 aliphatic heterocycles. The number of carboxylic acids is 1. The Morgan fingerprint density at radius 2 is 1.79 bits per heavy atom. The van der Waals surface area contributed by atoms with Crippen molar-refractivity contribution < 1.29 is 28.2 Å². The lowest BCUT2D eigenvalue weighted by atomic mass is 9.88. The SMILES string of the molecule is CC(C)(C)OC(=O)N1CCC(N2CC(C(=O)O)[C@H](c3ccc(F)cc3F)C2)CC1. The first-order valence-corrected chi connectivity index (χ1v) is 9.95.